The lowest BCUT2D eigenvalue weighted by Crippen LogP contribution is -2.48. The molecule has 0 heterocycles. The van der Waals surface area contributed by atoms with Crippen molar-refractivity contribution < 1.29 is 9.59 Å². The number of amides is 2. The van der Waals surface area contributed by atoms with E-state index in [0.717, 1.165) is 23.3 Å². The number of hydrogen-bond acceptors (Lipinski definition) is 3. The highest BCUT2D eigenvalue weighted by Crippen LogP contribution is 2.24. The molecule has 7 heteroatoms. The number of nitrogens with zero attached hydrogens (tertiary/aromatic N) is 1. The molecule has 0 spiro atoms. The van der Waals surface area contributed by atoms with Crippen LogP contribution in [0.25, 0.3) is 0 Å². The second kappa shape index (κ2) is 12.1. The molecule has 1 N–H and O–H groups in total. The van der Waals surface area contributed by atoms with Gasteiger partial charge in [-0.3, -0.25) is 9.59 Å². The number of hydrogen-bond donors (Lipinski definition) is 1. The smallest absolute Gasteiger partial charge is 0.242 e. The summed E-state index contributed by atoms with van der Waals surface area (Å²) in [6.45, 7) is 4.56. The van der Waals surface area contributed by atoms with Gasteiger partial charge in [0.2, 0.25) is 11.8 Å². The number of rotatable bonds is 10. The molecule has 4 nitrogen and oxygen atoms in total. The minimum Gasteiger partial charge on any atom is -0.354 e. The molecule has 0 saturated heterocycles. The Balaban J connectivity index is 2.09. The summed E-state index contributed by atoms with van der Waals surface area (Å²) in [4.78, 5) is 27.1. The number of benzene rings is 2. The summed E-state index contributed by atoms with van der Waals surface area (Å²) in [5.74, 6) is 0.749. The zero-order valence-corrected chi connectivity index (χ0v) is 19.0. The Bertz CT molecular complexity index is 818. The Kier molecular flexibility index (Phi) is 9.85. The highest BCUT2D eigenvalue weighted by atomic mass is 35.5. The van der Waals surface area contributed by atoms with Crippen LogP contribution in [0, 0.1) is 0 Å². The molecule has 0 bridgehead atoms. The molecule has 2 rings (SSSR count). The van der Waals surface area contributed by atoms with Crippen molar-refractivity contribution in [1.82, 2.24) is 10.2 Å². The van der Waals surface area contributed by atoms with Crippen molar-refractivity contribution in [2.24, 2.45) is 0 Å². The van der Waals surface area contributed by atoms with Crippen LogP contribution >= 0.6 is 35.0 Å². The summed E-state index contributed by atoms with van der Waals surface area (Å²) in [7, 11) is 0. The van der Waals surface area contributed by atoms with E-state index in [1.807, 2.05) is 37.3 Å². The summed E-state index contributed by atoms with van der Waals surface area (Å²) in [6.07, 6.45) is 0.836. The maximum atomic E-state index is 13.0. The van der Waals surface area contributed by atoms with Crippen molar-refractivity contribution in [2.45, 2.75) is 38.6 Å². The Labute approximate surface area is 187 Å². The Morgan fingerprint density at radius 2 is 1.86 bits per heavy atom. The van der Waals surface area contributed by atoms with Crippen molar-refractivity contribution in [3.05, 3.63) is 69.7 Å². The van der Waals surface area contributed by atoms with Gasteiger partial charge in [0.1, 0.15) is 6.04 Å². The average molecular weight is 453 g/mol. The third-order valence-electron chi connectivity index (χ3n) is 4.41. The van der Waals surface area contributed by atoms with Crippen LogP contribution in [0.4, 0.5) is 0 Å². The standard InChI is InChI=1S/C22H26Cl2N2O2S/c1-3-11-25-22(28)16(2)26(13-18-9-10-19(23)12-20(18)24)21(27)15-29-14-17-7-5-4-6-8-17/h4-10,12,16H,3,11,13-15H2,1-2H3,(H,25,28). The minimum atomic E-state index is -0.599. The maximum absolute atomic E-state index is 13.0. The van der Waals surface area contributed by atoms with Gasteiger partial charge in [-0.1, -0.05) is 66.5 Å². The molecular formula is C22H26Cl2N2O2S. The molecule has 2 amide bonds. The summed E-state index contributed by atoms with van der Waals surface area (Å²) in [6, 6.07) is 14.6. The van der Waals surface area contributed by atoms with E-state index in [2.05, 4.69) is 5.32 Å². The predicted molar refractivity (Wildman–Crippen MR) is 122 cm³/mol. The summed E-state index contributed by atoms with van der Waals surface area (Å²) in [5.41, 5.74) is 1.92. The van der Waals surface area contributed by atoms with Crippen LogP contribution in [-0.4, -0.2) is 35.1 Å². The van der Waals surface area contributed by atoms with Crippen LogP contribution in [0.2, 0.25) is 10.0 Å². The van der Waals surface area contributed by atoms with Gasteiger partial charge >= 0.3 is 0 Å². The van der Waals surface area contributed by atoms with Crippen molar-refractivity contribution >= 4 is 46.8 Å². The van der Waals surface area contributed by atoms with E-state index in [-0.39, 0.29) is 24.1 Å². The quantitative estimate of drug-likeness (QED) is 0.540. The molecule has 29 heavy (non-hydrogen) atoms. The molecule has 0 fully saturated rings. The molecule has 1 unspecified atom stereocenters. The molecule has 0 aliphatic heterocycles. The number of carbonyl (C=O) groups is 2. The first kappa shape index (κ1) is 23.6. The zero-order chi connectivity index (χ0) is 21.2. The topological polar surface area (TPSA) is 49.4 Å². The van der Waals surface area contributed by atoms with Crippen LogP contribution in [-0.2, 0) is 21.9 Å². The second-order valence-corrected chi connectivity index (χ2v) is 8.53. The minimum absolute atomic E-state index is 0.101. The fourth-order valence-corrected chi connectivity index (χ4v) is 4.06. The number of halogens is 2. The van der Waals surface area contributed by atoms with Crippen LogP contribution in [0.3, 0.4) is 0 Å². The Morgan fingerprint density at radius 1 is 1.14 bits per heavy atom. The normalized spacial score (nSPS) is 11.7. The van der Waals surface area contributed by atoms with Gasteiger partial charge < -0.3 is 10.2 Å². The lowest BCUT2D eigenvalue weighted by Gasteiger charge is -2.29. The van der Waals surface area contributed by atoms with Crippen molar-refractivity contribution in [2.75, 3.05) is 12.3 Å². The van der Waals surface area contributed by atoms with Gasteiger partial charge in [-0.2, -0.15) is 0 Å². The van der Waals surface area contributed by atoms with Crippen molar-refractivity contribution in [3.8, 4) is 0 Å². The average Bonchev–Trinajstić information content (AvgIpc) is 2.71. The highest BCUT2D eigenvalue weighted by Gasteiger charge is 2.26. The van der Waals surface area contributed by atoms with Crippen molar-refractivity contribution in [1.29, 1.82) is 0 Å². The van der Waals surface area contributed by atoms with Gasteiger partial charge in [-0.25, -0.2) is 0 Å². The van der Waals surface area contributed by atoms with Gasteiger partial charge in [-0.15, -0.1) is 11.8 Å². The molecule has 0 saturated carbocycles. The Hall–Kier alpha value is -1.69. The molecule has 0 aliphatic rings. The van der Waals surface area contributed by atoms with Crippen LogP contribution < -0.4 is 5.32 Å². The van der Waals surface area contributed by atoms with Crippen LogP contribution in [0.1, 0.15) is 31.4 Å². The lowest BCUT2D eigenvalue weighted by atomic mass is 10.1. The van der Waals surface area contributed by atoms with E-state index in [1.165, 1.54) is 11.8 Å². The predicted octanol–water partition coefficient (Wildman–Crippen LogP) is 5.17. The van der Waals surface area contributed by atoms with Gasteiger partial charge in [0, 0.05) is 28.9 Å². The molecule has 2 aromatic rings. The van der Waals surface area contributed by atoms with Gasteiger partial charge in [0.25, 0.3) is 0 Å². The summed E-state index contributed by atoms with van der Waals surface area (Å²) >= 11 is 13.8. The van der Waals surface area contributed by atoms with E-state index >= 15 is 0 Å². The molecule has 156 valence electrons. The first-order valence-corrected chi connectivity index (χ1v) is 11.5. The van der Waals surface area contributed by atoms with E-state index in [4.69, 9.17) is 23.2 Å². The maximum Gasteiger partial charge on any atom is 0.242 e. The first-order chi connectivity index (χ1) is 13.9. The largest absolute Gasteiger partial charge is 0.354 e. The molecule has 0 aliphatic carbocycles. The highest BCUT2D eigenvalue weighted by molar-refractivity contribution is 7.99. The first-order valence-electron chi connectivity index (χ1n) is 9.55. The van der Waals surface area contributed by atoms with E-state index < -0.39 is 6.04 Å². The third-order valence-corrected chi connectivity index (χ3v) is 5.98. The fourth-order valence-electron chi connectivity index (χ4n) is 2.73. The fraction of sp³-hybridized carbons (Fsp3) is 0.364. The lowest BCUT2D eigenvalue weighted by molar-refractivity contribution is -0.138. The molecular weight excluding hydrogens is 427 g/mol. The van der Waals surface area contributed by atoms with Gasteiger partial charge in [0.15, 0.2) is 0 Å². The number of thioether (sulfide) groups is 1. The third kappa shape index (κ3) is 7.57. The summed E-state index contributed by atoms with van der Waals surface area (Å²) < 4.78 is 0. The van der Waals surface area contributed by atoms with Crippen molar-refractivity contribution in [3.63, 3.8) is 0 Å². The molecule has 1 atom stereocenters. The monoisotopic (exact) mass is 452 g/mol. The van der Waals surface area contributed by atoms with E-state index in [1.54, 1.807) is 30.0 Å². The Morgan fingerprint density at radius 3 is 2.52 bits per heavy atom. The van der Waals surface area contributed by atoms with Crippen LogP contribution in [0.5, 0.6) is 0 Å². The van der Waals surface area contributed by atoms with E-state index in [9.17, 15) is 9.59 Å². The molecule has 0 aromatic heterocycles. The van der Waals surface area contributed by atoms with Gasteiger partial charge in [0.05, 0.1) is 5.75 Å². The SMILES string of the molecule is CCCNC(=O)C(C)N(Cc1ccc(Cl)cc1Cl)C(=O)CSCc1ccccc1. The van der Waals surface area contributed by atoms with E-state index in [0.29, 0.717) is 16.6 Å². The van der Waals surface area contributed by atoms with Crippen LogP contribution in [0.15, 0.2) is 48.5 Å². The molecule has 0 radical (unpaired) electrons. The second-order valence-electron chi connectivity index (χ2n) is 6.70. The summed E-state index contributed by atoms with van der Waals surface area (Å²) in [5, 5.41) is 3.88. The molecule has 2 aromatic carbocycles. The van der Waals surface area contributed by atoms with Gasteiger partial charge in [-0.05, 0) is 36.6 Å². The number of nitrogens with one attached hydrogen (secondary N) is 1. The zero-order valence-electron chi connectivity index (χ0n) is 16.7. The number of carbonyl (C=O) groups excluding carboxylic acids is 2.